The first-order chi connectivity index (χ1) is 10.2. The summed E-state index contributed by atoms with van der Waals surface area (Å²) in [4.78, 5) is 21.3. The van der Waals surface area contributed by atoms with Crippen molar-refractivity contribution in [1.29, 1.82) is 0 Å². The van der Waals surface area contributed by atoms with Gasteiger partial charge in [0, 0.05) is 25.2 Å². The third-order valence-corrected chi connectivity index (χ3v) is 4.74. The van der Waals surface area contributed by atoms with Crippen LogP contribution in [0.25, 0.3) is 0 Å². The van der Waals surface area contributed by atoms with Crippen molar-refractivity contribution in [3.8, 4) is 0 Å². The van der Waals surface area contributed by atoms with Gasteiger partial charge in [-0.05, 0) is 18.9 Å². The summed E-state index contributed by atoms with van der Waals surface area (Å²) in [6.45, 7) is 0.0544. The van der Waals surface area contributed by atoms with Crippen LogP contribution in [0, 0.1) is 10.1 Å². The predicted molar refractivity (Wildman–Crippen MR) is 84.7 cm³/mol. The number of amides is 1. The van der Waals surface area contributed by atoms with E-state index in [4.69, 9.17) is 5.73 Å². The normalized spacial score (nSPS) is 15.3. The largest absolute Gasteiger partial charge is 0.353 e. The lowest BCUT2D eigenvalue weighted by atomic mass is 10.3. The van der Waals surface area contributed by atoms with Gasteiger partial charge in [-0.15, -0.1) is 12.4 Å². The summed E-state index contributed by atoms with van der Waals surface area (Å²) >= 11 is 0. The molecule has 0 unspecified atom stereocenters. The van der Waals surface area contributed by atoms with Gasteiger partial charge in [0.25, 0.3) is 5.69 Å². The molecule has 0 radical (unpaired) electrons. The smallest absolute Gasteiger partial charge is 0.270 e. The van der Waals surface area contributed by atoms with Crippen LogP contribution in [0.3, 0.4) is 0 Å². The molecule has 0 bridgehead atoms. The Kier molecular flexibility index (Phi) is 6.05. The fourth-order valence-electron chi connectivity index (χ4n) is 1.75. The van der Waals surface area contributed by atoms with Gasteiger partial charge < -0.3 is 11.1 Å². The molecule has 0 heterocycles. The first kappa shape index (κ1) is 19.3. The van der Waals surface area contributed by atoms with Crippen LogP contribution in [0.1, 0.15) is 12.8 Å². The molecule has 2 rings (SSSR count). The Balaban J connectivity index is 0.00000264. The molecular formula is C12H17ClN4O5S. The van der Waals surface area contributed by atoms with E-state index in [0.29, 0.717) is 12.8 Å². The van der Waals surface area contributed by atoms with Gasteiger partial charge in [-0.3, -0.25) is 14.9 Å². The van der Waals surface area contributed by atoms with Crippen molar-refractivity contribution in [3.63, 3.8) is 0 Å². The molecule has 128 valence electrons. The molecule has 4 N–H and O–H groups in total. The predicted octanol–water partition coefficient (Wildman–Crippen LogP) is -0.0976. The Bertz CT molecular complexity index is 705. The number of hydrogen-bond donors (Lipinski definition) is 3. The van der Waals surface area contributed by atoms with Gasteiger partial charge in [-0.1, -0.05) is 6.07 Å². The van der Waals surface area contributed by atoms with Gasteiger partial charge in [-0.2, -0.15) is 0 Å². The maximum absolute atomic E-state index is 12.0. The molecule has 1 aromatic rings. The molecular weight excluding hydrogens is 348 g/mol. The van der Waals surface area contributed by atoms with Crippen LogP contribution in [-0.4, -0.2) is 37.9 Å². The van der Waals surface area contributed by atoms with E-state index in [1.165, 1.54) is 18.2 Å². The minimum Gasteiger partial charge on any atom is -0.353 e. The van der Waals surface area contributed by atoms with Crippen molar-refractivity contribution in [1.82, 2.24) is 10.0 Å². The monoisotopic (exact) mass is 364 g/mol. The molecule has 1 saturated carbocycles. The number of nitrogens with zero attached hydrogens (tertiary/aromatic N) is 1. The van der Waals surface area contributed by atoms with Crippen LogP contribution in [0.4, 0.5) is 5.69 Å². The second kappa shape index (κ2) is 7.21. The molecule has 1 fully saturated rings. The zero-order chi connectivity index (χ0) is 16.4. The van der Waals surface area contributed by atoms with Gasteiger partial charge in [0.15, 0.2) is 0 Å². The maximum atomic E-state index is 12.0. The summed E-state index contributed by atoms with van der Waals surface area (Å²) in [6, 6.07) is 4.72. The van der Waals surface area contributed by atoms with Crippen molar-refractivity contribution < 1.29 is 18.1 Å². The fourth-order valence-corrected chi connectivity index (χ4v) is 2.82. The second-order valence-corrected chi connectivity index (χ2v) is 6.83. The zero-order valence-corrected chi connectivity index (χ0v) is 13.7. The Labute approximate surface area is 139 Å². The molecule has 0 aliphatic heterocycles. The number of nitrogens with one attached hydrogen (secondary N) is 2. The van der Waals surface area contributed by atoms with E-state index in [1.807, 2.05) is 0 Å². The summed E-state index contributed by atoms with van der Waals surface area (Å²) in [6.07, 6.45) is 1.25. The van der Waals surface area contributed by atoms with Crippen LogP contribution in [-0.2, 0) is 14.8 Å². The van der Waals surface area contributed by atoms with Gasteiger partial charge in [0.2, 0.25) is 15.9 Å². The second-order valence-electron chi connectivity index (χ2n) is 5.06. The van der Waals surface area contributed by atoms with Gasteiger partial charge in [-0.25, -0.2) is 13.1 Å². The Morgan fingerprint density at radius 1 is 1.35 bits per heavy atom. The third-order valence-electron chi connectivity index (χ3n) is 3.28. The Morgan fingerprint density at radius 2 is 2.00 bits per heavy atom. The standard InChI is InChI=1S/C12H16N4O5S.ClH/c13-12(4-5-12)11(17)14-6-7-15-22(20,21)10-3-1-2-9(8-10)16(18)19;/h1-3,8,15H,4-7,13H2,(H,14,17);1H. The molecule has 1 aliphatic carbocycles. The summed E-state index contributed by atoms with van der Waals surface area (Å²) in [7, 11) is -3.87. The van der Waals surface area contributed by atoms with Crippen molar-refractivity contribution in [3.05, 3.63) is 34.4 Å². The highest BCUT2D eigenvalue weighted by atomic mass is 35.5. The fraction of sp³-hybridized carbons (Fsp3) is 0.417. The van der Waals surface area contributed by atoms with Gasteiger partial charge in [0.05, 0.1) is 15.4 Å². The highest BCUT2D eigenvalue weighted by Gasteiger charge is 2.45. The number of carbonyl (C=O) groups excluding carboxylic acids is 1. The summed E-state index contributed by atoms with van der Waals surface area (Å²) in [5, 5.41) is 13.2. The van der Waals surface area contributed by atoms with E-state index in [2.05, 4.69) is 10.0 Å². The van der Waals surface area contributed by atoms with Gasteiger partial charge in [0.1, 0.15) is 0 Å². The SMILES string of the molecule is Cl.NC1(C(=O)NCCNS(=O)(=O)c2cccc([N+](=O)[O-])c2)CC1. The quantitative estimate of drug-likeness (QED) is 0.350. The van der Waals surface area contributed by atoms with E-state index in [9.17, 15) is 23.3 Å². The lowest BCUT2D eigenvalue weighted by molar-refractivity contribution is -0.385. The van der Waals surface area contributed by atoms with E-state index < -0.39 is 20.5 Å². The molecule has 9 nitrogen and oxygen atoms in total. The summed E-state index contributed by atoms with van der Waals surface area (Å²) in [5.41, 5.74) is 4.56. The Morgan fingerprint density at radius 3 is 2.57 bits per heavy atom. The van der Waals surface area contributed by atoms with E-state index in [0.717, 1.165) is 6.07 Å². The minimum atomic E-state index is -3.87. The molecule has 1 aromatic carbocycles. The number of rotatable bonds is 7. The van der Waals surface area contributed by atoms with E-state index in [1.54, 1.807) is 0 Å². The molecule has 0 aromatic heterocycles. The minimum absolute atomic E-state index is 0. The van der Waals surface area contributed by atoms with Crippen molar-refractivity contribution in [2.45, 2.75) is 23.3 Å². The van der Waals surface area contributed by atoms with Crippen LogP contribution >= 0.6 is 12.4 Å². The Hall–Kier alpha value is -1.75. The first-order valence-electron chi connectivity index (χ1n) is 6.56. The summed E-state index contributed by atoms with van der Waals surface area (Å²) in [5.74, 6) is -0.304. The molecule has 23 heavy (non-hydrogen) atoms. The van der Waals surface area contributed by atoms with Crippen molar-refractivity contribution >= 4 is 34.0 Å². The molecule has 1 amide bonds. The number of nitrogens with two attached hydrogens (primary N) is 1. The van der Waals surface area contributed by atoms with Gasteiger partial charge >= 0.3 is 0 Å². The number of nitro benzene ring substituents is 1. The maximum Gasteiger partial charge on any atom is 0.270 e. The molecule has 0 saturated heterocycles. The molecule has 0 atom stereocenters. The number of benzene rings is 1. The lowest BCUT2D eigenvalue weighted by Crippen LogP contribution is -2.45. The van der Waals surface area contributed by atoms with E-state index >= 15 is 0 Å². The average molecular weight is 365 g/mol. The van der Waals surface area contributed by atoms with Crippen LogP contribution < -0.4 is 15.8 Å². The number of non-ortho nitro benzene ring substituents is 1. The van der Waals surface area contributed by atoms with Crippen molar-refractivity contribution in [2.24, 2.45) is 5.73 Å². The van der Waals surface area contributed by atoms with Crippen LogP contribution in [0.2, 0.25) is 0 Å². The lowest BCUT2D eigenvalue weighted by Gasteiger charge is -2.11. The summed E-state index contributed by atoms with van der Waals surface area (Å²) < 4.78 is 26.2. The first-order valence-corrected chi connectivity index (χ1v) is 8.04. The number of nitro groups is 1. The zero-order valence-electron chi connectivity index (χ0n) is 12.0. The topological polar surface area (TPSA) is 144 Å². The number of sulfonamides is 1. The van der Waals surface area contributed by atoms with Crippen molar-refractivity contribution in [2.75, 3.05) is 13.1 Å². The molecule has 1 aliphatic rings. The highest BCUT2D eigenvalue weighted by molar-refractivity contribution is 7.89. The molecule has 11 heteroatoms. The average Bonchev–Trinajstić information content (AvgIpc) is 3.22. The molecule has 0 spiro atoms. The van der Waals surface area contributed by atoms with Crippen LogP contribution in [0.15, 0.2) is 29.2 Å². The third kappa shape index (κ3) is 4.86. The number of carbonyl (C=O) groups is 1. The highest BCUT2D eigenvalue weighted by Crippen LogP contribution is 2.31. The number of hydrogen-bond acceptors (Lipinski definition) is 6. The number of halogens is 1. The van der Waals surface area contributed by atoms with E-state index in [-0.39, 0.29) is 42.0 Å². The van der Waals surface area contributed by atoms with Crippen LogP contribution in [0.5, 0.6) is 0 Å².